The lowest BCUT2D eigenvalue weighted by Gasteiger charge is -2.32. The fourth-order valence-corrected chi connectivity index (χ4v) is 2.66. The van der Waals surface area contributed by atoms with Gasteiger partial charge in [-0.25, -0.2) is 13.8 Å². The van der Waals surface area contributed by atoms with Crippen LogP contribution in [-0.4, -0.2) is 29.7 Å². The highest BCUT2D eigenvalue weighted by atomic mass is 19.4. The summed E-state index contributed by atoms with van der Waals surface area (Å²) in [4.78, 5) is 3.94. The topological polar surface area (TPSA) is 49.8 Å². The maximum Gasteiger partial charge on any atom is 0.573 e. The minimum Gasteiger partial charge on any atom is -0.439 e. The number of alkyl halides is 5. The van der Waals surface area contributed by atoms with E-state index in [1.165, 1.54) is 12.3 Å². The molecule has 0 aliphatic carbocycles. The summed E-state index contributed by atoms with van der Waals surface area (Å²) in [7, 11) is -0.882. The van der Waals surface area contributed by atoms with Crippen molar-refractivity contribution in [3.05, 3.63) is 42.1 Å². The molecule has 1 aromatic heterocycles. The van der Waals surface area contributed by atoms with Gasteiger partial charge in [0.25, 0.3) is 6.43 Å². The summed E-state index contributed by atoms with van der Waals surface area (Å²) < 4.78 is 84.7. The molecule has 0 atom stereocenters. The number of rotatable bonds is 5. The molecule has 0 saturated carbocycles. The third kappa shape index (κ3) is 4.84. The zero-order valence-corrected chi connectivity index (χ0v) is 16.6. The molecule has 162 valence electrons. The van der Waals surface area contributed by atoms with Crippen LogP contribution in [-0.2, 0) is 9.31 Å². The number of benzene rings is 1. The van der Waals surface area contributed by atoms with Gasteiger partial charge in [0.1, 0.15) is 11.5 Å². The van der Waals surface area contributed by atoms with E-state index in [0.29, 0.717) is 5.46 Å². The maximum atomic E-state index is 13.6. The van der Waals surface area contributed by atoms with Gasteiger partial charge < -0.3 is 18.8 Å². The van der Waals surface area contributed by atoms with Gasteiger partial charge in [-0.05, 0) is 58.0 Å². The lowest BCUT2D eigenvalue weighted by atomic mass is 9.79. The van der Waals surface area contributed by atoms with E-state index in [2.05, 4.69) is 9.72 Å². The molecule has 1 aromatic carbocycles. The van der Waals surface area contributed by atoms with E-state index in [0.717, 1.165) is 24.3 Å². The van der Waals surface area contributed by atoms with Crippen molar-refractivity contribution in [2.24, 2.45) is 0 Å². The normalized spacial score (nSPS) is 18.0. The quantitative estimate of drug-likeness (QED) is 0.492. The van der Waals surface area contributed by atoms with Crippen molar-refractivity contribution >= 4 is 12.6 Å². The van der Waals surface area contributed by atoms with Crippen molar-refractivity contribution in [2.45, 2.75) is 51.7 Å². The second kappa shape index (κ2) is 7.70. The Balaban J connectivity index is 1.81. The number of hydrogen-bond donors (Lipinski definition) is 0. The van der Waals surface area contributed by atoms with Crippen molar-refractivity contribution in [1.82, 2.24) is 4.98 Å². The number of nitrogens with zero attached hydrogens (tertiary/aromatic N) is 1. The Hall–Kier alpha value is -2.40. The fraction of sp³-hybridized carbons (Fsp3) is 0.421. The molecule has 2 heterocycles. The standard InChI is InChI=1S/C19H19BF5NO4/c1-17(2)18(3,4)30-20(29-17)11-9-14(15(21)22)16(26-10-11)27-12-5-7-13(8-6-12)28-19(23,24)25/h5-10,15H,1-4H3. The molecule has 1 aliphatic heterocycles. The molecular weight excluding hydrogens is 412 g/mol. The molecule has 11 heteroatoms. The summed E-state index contributed by atoms with van der Waals surface area (Å²) in [6, 6.07) is 5.49. The van der Waals surface area contributed by atoms with Crippen LogP contribution in [0.4, 0.5) is 22.0 Å². The highest BCUT2D eigenvalue weighted by Gasteiger charge is 2.52. The summed E-state index contributed by atoms with van der Waals surface area (Å²) in [6.07, 6.45) is -6.46. The molecule has 0 radical (unpaired) electrons. The SMILES string of the molecule is CC1(C)OB(c2cnc(Oc3ccc(OC(F)(F)F)cc3)c(C(F)F)c2)OC1(C)C. The van der Waals surface area contributed by atoms with Crippen molar-refractivity contribution in [2.75, 3.05) is 0 Å². The van der Waals surface area contributed by atoms with E-state index in [-0.39, 0.29) is 11.6 Å². The zero-order valence-electron chi connectivity index (χ0n) is 16.6. The van der Waals surface area contributed by atoms with E-state index >= 15 is 0 Å². The second-order valence-electron chi connectivity index (χ2n) is 7.67. The van der Waals surface area contributed by atoms with Crippen molar-refractivity contribution in [3.63, 3.8) is 0 Å². The Labute approximate surface area is 170 Å². The Bertz CT molecular complexity index is 887. The van der Waals surface area contributed by atoms with E-state index in [4.69, 9.17) is 14.0 Å². The van der Waals surface area contributed by atoms with Crippen molar-refractivity contribution in [3.8, 4) is 17.4 Å². The van der Waals surface area contributed by atoms with Gasteiger partial charge in [-0.3, -0.25) is 0 Å². The van der Waals surface area contributed by atoms with Crippen LogP contribution in [0.25, 0.3) is 0 Å². The first-order valence-corrected chi connectivity index (χ1v) is 8.95. The number of ether oxygens (including phenoxy) is 2. The van der Waals surface area contributed by atoms with Crippen LogP contribution >= 0.6 is 0 Å². The van der Waals surface area contributed by atoms with Crippen LogP contribution in [0, 0.1) is 0 Å². The molecule has 2 aromatic rings. The fourth-order valence-electron chi connectivity index (χ4n) is 2.66. The molecule has 1 saturated heterocycles. The molecule has 30 heavy (non-hydrogen) atoms. The van der Waals surface area contributed by atoms with E-state index in [1.54, 1.807) is 0 Å². The number of halogens is 5. The van der Waals surface area contributed by atoms with Gasteiger partial charge in [0.2, 0.25) is 5.88 Å². The van der Waals surface area contributed by atoms with Crippen molar-refractivity contribution in [1.29, 1.82) is 0 Å². The first-order chi connectivity index (χ1) is 13.8. The maximum absolute atomic E-state index is 13.6. The minimum absolute atomic E-state index is 0.0160. The zero-order chi connectivity index (χ0) is 22.3. The largest absolute Gasteiger partial charge is 0.573 e. The second-order valence-corrected chi connectivity index (χ2v) is 7.67. The lowest BCUT2D eigenvalue weighted by Crippen LogP contribution is -2.41. The third-order valence-corrected chi connectivity index (χ3v) is 4.93. The van der Waals surface area contributed by atoms with Crippen molar-refractivity contribution < 1.29 is 40.7 Å². The lowest BCUT2D eigenvalue weighted by molar-refractivity contribution is -0.274. The smallest absolute Gasteiger partial charge is 0.439 e. The Morgan fingerprint density at radius 2 is 1.50 bits per heavy atom. The summed E-state index contributed by atoms with van der Waals surface area (Å²) in [5.41, 5.74) is -1.51. The van der Waals surface area contributed by atoms with Gasteiger partial charge in [-0.15, -0.1) is 13.2 Å². The van der Waals surface area contributed by atoms with E-state index in [9.17, 15) is 22.0 Å². The first kappa shape index (κ1) is 22.3. The predicted octanol–water partition coefficient (Wildman–Crippen LogP) is 5.01. The van der Waals surface area contributed by atoms with Crippen LogP contribution in [0.15, 0.2) is 36.5 Å². The number of aromatic nitrogens is 1. The molecular formula is C19H19BF5NO4. The number of hydrogen-bond acceptors (Lipinski definition) is 5. The van der Waals surface area contributed by atoms with Gasteiger partial charge in [-0.2, -0.15) is 0 Å². The highest BCUT2D eigenvalue weighted by Crippen LogP contribution is 2.37. The molecule has 5 nitrogen and oxygen atoms in total. The van der Waals surface area contributed by atoms with Crippen LogP contribution in [0.3, 0.4) is 0 Å². The van der Waals surface area contributed by atoms with Gasteiger partial charge in [0.05, 0.1) is 16.8 Å². The van der Waals surface area contributed by atoms with Gasteiger partial charge in [0, 0.05) is 11.7 Å². The monoisotopic (exact) mass is 431 g/mol. The molecule has 0 unspecified atom stereocenters. The molecule has 0 N–H and O–H groups in total. The summed E-state index contributed by atoms with van der Waals surface area (Å²) in [6.45, 7) is 7.33. The molecule has 1 fully saturated rings. The van der Waals surface area contributed by atoms with E-state index in [1.807, 2.05) is 27.7 Å². The van der Waals surface area contributed by atoms with Crippen LogP contribution in [0.5, 0.6) is 17.4 Å². The van der Waals surface area contributed by atoms with Crippen LogP contribution in [0.1, 0.15) is 39.7 Å². The number of pyridine rings is 1. The van der Waals surface area contributed by atoms with Crippen LogP contribution < -0.4 is 14.9 Å². The van der Waals surface area contributed by atoms with Gasteiger partial charge in [0.15, 0.2) is 0 Å². The summed E-state index contributed by atoms with van der Waals surface area (Å²) in [5, 5.41) is 0. The van der Waals surface area contributed by atoms with Gasteiger partial charge >= 0.3 is 13.5 Å². The Morgan fingerprint density at radius 1 is 0.967 bits per heavy atom. The first-order valence-electron chi connectivity index (χ1n) is 8.95. The van der Waals surface area contributed by atoms with Gasteiger partial charge in [-0.1, -0.05) is 0 Å². The highest BCUT2D eigenvalue weighted by molar-refractivity contribution is 6.62. The summed E-state index contributed by atoms with van der Waals surface area (Å²) in [5.74, 6) is -0.829. The molecule has 0 amide bonds. The Morgan fingerprint density at radius 3 is 2.00 bits per heavy atom. The molecule has 0 spiro atoms. The average molecular weight is 431 g/mol. The molecule has 1 aliphatic rings. The third-order valence-electron chi connectivity index (χ3n) is 4.93. The predicted molar refractivity (Wildman–Crippen MR) is 98.1 cm³/mol. The van der Waals surface area contributed by atoms with Crippen LogP contribution in [0.2, 0.25) is 0 Å². The van der Waals surface area contributed by atoms with E-state index < -0.39 is 42.4 Å². The molecule has 0 bridgehead atoms. The molecule has 3 rings (SSSR count). The average Bonchev–Trinajstić information content (AvgIpc) is 2.83. The minimum atomic E-state index is -4.84. The Kier molecular flexibility index (Phi) is 5.72. The summed E-state index contributed by atoms with van der Waals surface area (Å²) >= 11 is 0.